The maximum atomic E-state index is 12.2. The van der Waals surface area contributed by atoms with Gasteiger partial charge in [-0.25, -0.2) is 4.79 Å². The summed E-state index contributed by atoms with van der Waals surface area (Å²) >= 11 is 0. The molecule has 1 aromatic rings. The standard InChI is InChI=1S/C17H17NO6/c1-21-12-4-2-10(3-5-12)6-11(7-18)17(20)24-14-9-23-15-13(19)8-22-16(14)15/h2-6,13-16,19H,8-9H2,1H3/b11-6+/t13-,14+,15?,16?/m0/s1. The first-order valence-corrected chi connectivity index (χ1v) is 7.50. The van der Waals surface area contributed by atoms with Crippen LogP contribution in [0.25, 0.3) is 6.08 Å². The summed E-state index contributed by atoms with van der Waals surface area (Å²) in [6, 6.07) is 8.77. The molecule has 0 bridgehead atoms. The second kappa shape index (κ2) is 7.01. The molecule has 2 heterocycles. The van der Waals surface area contributed by atoms with E-state index < -0.39 is 30.4 Å². The molecule has 24 heavy (non-hydrogen) atoms. The monoisotopic (exact) mass is 331 g/mol. The first-order chi connectivity index (χ1) is 11.6. The van der Waals surface area contributed by atoms with Gasteiger partial charge in [-0.3, -0.25) is 0 Å². The molecule has 0 spiro atoms. The summed E-state index contributed by atoms with van der Waals surface area (Å²) in [6.07, 6.45) is -0.889. The zero-order valence-corrected chi connectivity index (χ0v) is 13.0. The van der Waals surface area contributed by atoms with Crippen LogP contribution in [0, 0.1) is 11.3 Å². The van der Waals surface area contributed by atoms with Gasteiger partial charge in [0.15, 0.2) is 6.10 Å². The van der Waals surface area contributed by atoms with Gasteiger partial charge in [-0.2, -0.15) is 5.26 Å². The fourth-order valence-corrected chi connectivity index (χ4v) is 2.75. The van der Waals surface area contributed by atoms with Crippen LogP contribution in [0.3, 0.4) is 0 Å². The second-order valence-corrected chi connectivity index (χ2v) is 5.55. The Labute approximate surface area is 139 Å². The van der Waals surface area contributed by atoms with E-state index in [0.29, 0.717) is 11.3 Å². The van der Waals surface area contributed by atoms with Crippen LogP contribution in [-0.4, -0.2) is 55.8 Å². The van der Waals surface area contributed by atoms with E-state index in [0.717, 1.165) is 0 Å². The lowest BCUT2D eigenvalue weighted by molar-refractivity contribution is -0.148. The summed E-state index contributed by atoms with van der Waals surface area (Å²) in [7, 11) is 1.56. The van der Waals surface area contributed by atoms with Crippen LogP contribution < -0.4 is 4.74 Å². The normalized spacial score (nSPS) is 29.0. The molecule has 7 nitrogen and oxygen atoms in total. The highest BCUT2D eigenvalue weighted by atomic mass is 16.6. The summed E-state index contributed by atoms with van der Waals surface area (Å²) in [4.78, 5) is 12.2. The van der Waals surface area contributed by atoms with Crippen molar-refractivity contribution < 1.29 is 28.8 Å². The van der Waals surface area contributed by atoms with E-state index in [1.807, 2.05) is 6.07 Å². The summed E-state index contributed by atoms with van der Waals surface area (Å²) in [6.45, 7) is 0.287. The van der Waals surface area contributed by atoms with Crippen molar-refractivity contribution in [2.75, 3.05) is 20.3 Å². The van der Waals surface area contributed by atoms with Crippen molar-refractivity contribution in [3.05, 3.63) is 35.4 Å². The molecule has 3 rings (SSSR count). The van der Waals surface area contributed by atoms with Gasteiger partial charge in [0.2, 0.25) is 0 Å². The van der Waals surface area contributed by atoms with E-state index in [9.17, 15) is 15.2 Å². The van der Waals surface area contributed by atoms with Crippen LogP contribution in [0.2, 0.25) is 0 Å². The third kappa shape index (κ3) is 3.26. The highest BCUT2D eigenvalue weighted by molar-refractivity contribution is 5.98. The van der Waals surface area contributed by atoms with Crippen LogP contribution in [-0.2, 0) is 19.0 Å². The molecule has 0 aliphatic carbocycles. The van der Waals surface area contributed by atoms with E-state index in [1.165, 1.54) is 6.08 Å². The maximum absolute atomic E-state index is 12.2. The van der Waals surface area contributed by atoms with Crippen LogP contribution >= 0.6 is 0 Å². The summed E-state index contributed by atoms with van der Waals surface area (Å²) in [5, 5.41) is 18.9. The number of aliphatic hydroxyl groups is 1. The van der Waals surface area contributed by atoms with Crippen molar-refractivity contribution in [3.8, 4) is 11.8 Å². The van der Waals surface area contributed by atoms with Crippen molar-refractivity contribution >= 4 is 12.0 Å². The summed E-state index contributed by atoms with van der Waals surface area (Å²) in [5.74, 6) is -0.0631. The minimum atomic E-state index is -0.743. The van der Waals surface area contributed by atoms with Crippen LogP contribution in [0.5, 0.6) is 5.75 Å². The summed E-state index contributed by atoms with van der Waals surface area (Å²) < 4.78 is 21.2. The van der Waals surface area contributed by atoms with Crippen molar-refractivity contribution in [3.63, 3.8) is 0 Å². The Kier molecular flexibility index (Phi) is 4.81. The van der Waals surface area contributed by atoms with Gasteiger partial charge in [-0.05, 0) is 23.8 Å². The lowest BCUT2D eigenvalue weighted by atomic mass is 10.1. The number of fused-ring (bicyclic) bond motifs is 1. The average molecular weight is 331 g/mol. The molecular formula is C17H17NO6. The molecule has 0 radical (unpaired) electrons. The molecule has 2 aliphatic rings. The van der Waals surface area contributed by atoms with Gasteiger partial charge in [0.1, 0.15) is 35.7 Å². The third-order valence-electron chi connectivity index (χ3n) is 4.01. The van der Waals surface area contributed by atoms with E-state index in [2.05, 4.69) is 0 Å². The number of rotatable bonds is 4. The minimum Gasteiger partial charge on any atom is -0.497 e. The Morgan fingerprint density at radius 1 is 1.29 bits per heavy atom. The Morgan fingerprint density at radius 3 is 2.67 bits per heavy atom. The number of nitriles is 1. The van der Waals surface area contributed by atoms with Gasteiger partial charge in [-0.15, -0.1) is 0 Å². The van der Waals surface area contributed by atoms with E-state index in [-0.39, 0.29) is 18.8 Å². The second-order valence-electron chi connectivity index (χ2n) is 5.55. The van der Waals surface area contributed by atoms with Gasteiger partial charge in [0.05, 0.1) is 20.3 Å². The number of benzene rings is 1. The topological polar surface area (TPSA) is 98.0 Å². The summed E-state index contributed by atoms with van der Waals surface area (Å²) in [5.41, 5.74) is 0.555. The first kappa shape index (κ1) is 16.5. The zero-order chi connectivity index (χ0) is 17.1. The Hall–Kier alpha value is -2.40. The fraction of sp³-hybridized carbons (Fsp3) is 0.412. The largest absolute Gasteiger partial charge is 0.497 e. The number of carbonyl (C=O) groups excluding carboxylic acids is 1. The molecule has 2 aliphatic heterocycles. The number of ether oxygens (including phenoxy) is 4. The number of nitrogens with zero attached hydrogens (tertiary/aromatic N) is 1. The lowest BCUT2D eigenvalue weighted by Crippen LogP contribution is -2.34. The Bertz CT molecular complexity index is 677. The van der Waals surface area contributed by atoms with Gasteiger partial charge >= 0.3 is 5.97 Å². The molecule has 2 fully saturated rings. The minimum absolute atomic E-state index is 0.123. The molecule has 1 aromatic carbocycles. The maximum Gasteiger partial charge on any atom is 0.349 e. The number of esters is 1. The molecule has 2 unspecified atom stereocenters. The van der Waals surface area contributed by atoms with E-state index in [4.69, 9.17) is 18.9 Å². The smallest absolute Gasteiger partial charge is 0.349 e. The van der Waals surface area contributed by atoms with Crippen LogP contribution in [0.4, 0.5) is 0 Å². The molecule has 1 N–H and O–H groups in total. The van der Waals surface area contributed by atoms with E-state index in [1.54, 1.807) is 31.4 Å². The SMILES string of the molecule is COc1ccc(/C=C(\C#N)C(=O)O[C@@H]2COC3C2OC[C@@H]3O)cc1. The molecule has 2 saturated heterocycles. The van der Waals surface area contributed by atoms with Gasteiger partial charge in [0, 0.05) is 0 Å². The number of hydrogen-bond donors (Lipinski definition) is 1. The highest BCUT2D eigenvalue weighted by Crippen LogP contribution is 2.29. The highest BCUT2D eigenvalue weighted by Gasteiger charge is 2.49. The lowest BCUT2D eigenvalue weighted by Gasteiger charge is -2.16. The van der Waals surface area contributed by atoms with Gasteiger partial charge in [-0.1, -0.05) is 12.1 Å². The first-order valence-electron chi connectivity index (χ1n) is 7.50. The Morgan fingerprint density at radius 2 is 2.00 bits per heavy atom. The van der Waals surface area contributed by atoms with E-state index >= 15 is 0 Å². The molecule has 0 amide bonds. The molecule has 4 atom stereocenters. The van der Waals surface area contributed by atoms with Crippen LogP contribution in [0.15, 0.2) is 29.8 Å². The molecule has 0 aromatic heterocycles. The fourth-order valence-electron chi connectivity index (χ4n) is 2.75. The molecular weight excluding hydrogens is 314 g/mol. The van der Waals surface area contributed by atoms with Crippen molar-refractivity contribution in [2.45, 2.75) is 24.4 Å². The third-order valence-corrected chi connectivity index (χ3v) is 4.01. The zero-order valence-electron chi connectivity index (χ0n) is 13.0. The number of hydrogen-bond acceptors (Lipinski definition) is 7. The number of carbonyl (C=O) groups is 1. The number of methoxy groups -OCH3 is 1. The number of aliphatic hydroxyl groups excluding tert-OH is 1. The molecule has 0 saturated carbocycles. The Balaban J connectivity index is 1.68. The van der Waals surface area contributed by atoms with Crippen molar-refractivity contribution in [2.24, 2.45) is 0 Å². The van der Waals surface area contributed by atoms with Gasteiger partial charge in [0.25, 0.3) is 0 Å². The van der Waals surface area contributed by atoms with Gasteiger partial charge < -0.3 is 24.1 Å². The predicted molar refractivity (Wildman–Crippen MR) is 82.0 cm³/mol. The molecule has 7 heteroatoms. The van der Waals surface area contributed by atoms with Crippen molar-refractivity contribution in [1.82, 2.24) is 0 Å². The van der Waals surface area contributed by atoms with Crippen LogP contribution in [0.1, 0.15) is 5.56 Å². The quantitative estimate of drug-likeness (QED) is 0.492. The predicted octanol–water partition coefficient (Wildman–Crippen LogP) is 0.672. The molecule has 126 valence electrons. The van der Waals surface area contributed by atoms with Crippen molar-refractivity contribution in [1.29, 1.82) is 5.26 Å². The average Bonchev–Trinajstić information content (AvgIpc) is 3.17.